The van der Waals surface area contributed by atoms with Crippen LogP contribution in [0.4, 0.5) is 0 Å². The standard InChI is InChI=1S/C26H47NS/c1-3-5-7-9-11-13-18-22-27(23-19-14-12-10-8-6-4-2)24-25-28-26-20-16-15-17-21-26/h15-17,20-21H,3-14,18-19,22-25H2,1-2H3. The lowest BCUT2D eigenvalue weighted by Crippen LogP contribution is -2.28. The van der Waals surface area contributed by atoms with Gasteiger partial charge in [-0.2, -0.15) is 0 Å². The quantitative estimate of drug-likeness (QED) is 0.158. The van der Waals surface area contributed by atoms with Crippen molar-refractivity contribution in [3.63, 3.8) is 0 Å². The van der Waals surface area contributed by atoms with Crippen LogP contribution in [0.3, 0.4) is 0 Å². The minimum atomic E-state index is 1.22. The Morgan fingerprint density at radius 2 is 1.04 bits per heavy atom. The normalized spacial score (nSPS) is 11.4. The van der Waals surface area contributed by atoms with Crippen molar-refractivity contribution in [1.29, 1.82) is 0 Å². The van der Waals surface area contributed by atoms with Crippen LogP contribution in [0, 0.1) is 0 Å². The smallest absolute Gasteiger partial charge is 0.0108 e. The highest BCUT2D eigenvalue weighted by Gasteiger charge is 2.05. The Morgan fingerprint density at radius 1 is 0.571 bits per heavy atom. The van der Waals surface area contributed by atoms with Crippen LogP contribution in [0.1, 0.15) is 104 Å². The molecule has 1 rings (SSSR count). The zero-order chi connectivity index (χ0) is 20.1. The maximum Gasteiger partial charge on any atom is 0.0108 e. The Morgan fingerprint density at radius 3 is 1.54 bits per heavy atom. The molecule has 0 fully saturated rings. The molecule has 1 aromatic rings. The molecule has 0 aromatic heterocycles. The van der Waals surface area contributed by atoms with Crippen LogP contribution >= 0.6 is 11.8 Å². The second kappa shape index (κ2) is 19.8. The second-order valence-corrected chi connectivity index (χ2v) is 9.41. The van der Waals surface area contributed by atoms with Gasteiger partial charge in [0.15, 0.2) is 0 Å². The van der Waals surface area contributed by atoms with E-state index in [9.17, 15) is 0 Å². The topological polar surface area (TPSA) is 3.24 Å². The van der Waals surface area contributed by atoms with Crippen LogP contribution in [0.2, 0.25) is 0 Å². The minimum absolute atomic E-state index is 1.22. The first-order valence-corrected chi connectivity index (χ1v) is 13.3. The first-order chi connectivity index (χ1) is 13.9. The lowest BCUT2D eigenvalue weighted by molar-refractivity contribution is 0.275. The highest BCUT2D eigenvalue weighted by Crippen LogP contribution is 2.17. The Kier molecular flexibility index (Phi) is 18.1. The third-order valence-corrected chi connectivity index (χ3v) is 6.57. The summed E-state index contributed by atoms with van der Waals surface area (Å²) >= 11 is 2.01. The summed E-state index contributed by atoms with van der Waals surface area (Å²) in [6.07, 6.45) is 19.8. The van der Waals surface area contributed by atoms with E-state index in [1.54, 1.807) is 0 Å². The lowest BCUT2D eigenvalue weighted by atomic mass is 10.1. The molecular weight excluding hydrogens is 358 g/mol. The molecule has 0 spiro atoms. The van der Waals surface area contributed by atoms with Gasteiger partial charge < -0.3 is 4.90 Å². The largest absolute Gasteiger partial charge is 0.303 e. The fourth-order valence-electron chi connectivity index (χ4n) is 3.73. The average molecular weight is 406 g/mol. The van der Waals surface area contributed by atoms with Crippen molar-refractivity contribution >= 4 is 11.8 Å². The van der Waals surface area contributed by atoms with Crippen molar-refractivity contribution in [1.82, 2.24) is 4.90 Å². The fraction of sp³-hybridized carbons (Fsp3) is 0.769. The Bertz CT molecular complexity index is 402. The molecule has 0 atom stereocenters. The van der Waals surface area contributed by atoms with Gasteiger partial charge in [-0.3, -0.25) is 0 Å². The van der Waals surface area contributed by atoms with Crippen LogP contribution in [-0.4, -0.2) is 30.3 Å². The summed E-state index contributed by atoms with van der Waals surface area (Å²) in [5, 5.41) is 0. The Hall–Kier alpha value is -0.470. The van der Waals surface area contributed by atoms with Crippen molar-refractivity contribution in [3.05, 3.63) is 30.3 Å². The van der Waals surface area contributed by atoms with Gasteiger partial charge >= 0.3 is 0 Å². The molecule has 0 unspecified atom stereocenters. The van der Waals surface area contributed by atoms with Crippen molar-refractivity contribution < 1.29 is 0 Å². The summed E-state index contributed by atoms with van der Waals surface area (Å²) in [4.78, 5) is 4.16. The van der Waals surface area contributed by atoms with Gasteiger partial charge in [-0.15, -0.1) is 11.8 Å². The summed E-state index contributed by atoms with van der Waals surface area (Å²) in [7, 11) is 0. The van der Waals surface area contributed by atoms with Gasteiger partial charge in [0, 0.05) is 17.2 Å². The van der Waals surface area contributed by atoms with Crippen molar-refractivity contribution in [2.45, 2.75) is 109 Å². The average Bonchev–Trinajstić information content (AvgIpc) is 2.72. The van der Waals surface area contributed by atoms with Crippen LogP contribution in [0.25, 0.3) is 0 Å². The third kappa shape index (κ3) is 15.5. The zero-order valence-corrected chi connectivity index (χ0v) is 19.8. The molecule has 0 aliphatic carbocycles. The molecule has 0 radical (unpaired) electrons. The van der Waals surface area contributed by atoms with Gasteiger partial charge in [-0.1, -0.05) is 109 Å². The van der Waals surface area contributed by atoms with E-state index in [4.69, 9.17) is 0 Å². The van der Waals surface area contributed by atoms with Gasteiger partial charge in [-0.05, 0) is 38.1 Å². The first kappa shape index (κ1) is 25.6. The second-order valence-electron chi connectivity index (χ2n) is 8.25. The molecule has 28 heavy (non-hydrogen) atoms. The molecule has 0 amide bonds. The van der Waals surface area contributed by atoms with Crippen LogP contribution < -0.4 is 0 Å². The van der Waals surface area contributed by atoms with E-state index in [0.29, 0.717) is 0 Å². The highest BCUT2D eigenvalue weighted by molar-refractivity contribution is 7.99. The van der Waals surface area contributed by atoms with E-state index in [0.717, 1.165) is 0 Å². The number of nitrogens with zero attached hydrogens (tertiary/aromatic N) is 1. The SMILES string of the molecule is CCCCCCCCCN(CCCCCCCCC)CCSc1ccccc1. The number of rotatable bonds is 20. The molecule has 0 saturated heterocycles. The third-order valence-electron chi connectivity index (χ3n) is 5.58. The monoisotopic (exact) mass is 405 g/mol. The minimum Gasteiger partial charge on any atom is -0.303 e. The summed E-state index contributed by atoms with van der Waals surface area (Å²) < 4.78 is 0. The maximum atomic E-state index is 2.74. The van der Waals surface area contributed by atoms with E-state index < -0.39 is 0 Å². The van der Waals surface area contributed by atoms with Crippen LogP contribution in [0.5, 0.6) is 0 Å². The van der Waals surface area contributed by atoms with Gasteiger partial charge in [0.2, 0.25) is 0 Å². The van der Waals surface area contributed by atoms with Crippen molar-refractivity contribution in [2.75, 3.05) is 25.4 Å². The zero-order valence-electron chi connectivity index (χ0n) is 19.0. The highest BCUT2D eigenvalue weighted by atomic mass is 32.2. The van der Waals surface area contributed by atoms with Gasteiger partial charge in [0.25, 0.3) is 0 Å². The van der Waals surface area contributed by atoms with Crippen LogP contribution in [0.15, 0.2) is 35.2 Å². The predicted molar refractivity (Wildman–Crippen MR) is 130 cm³/mol. The number of benzene rings is 1. The first-order valence-electron chi connectivity index (χ1n) is 12.3. The molecule has 0 aliphatic rings. The molecule has 2 heteroatoms. The number of thioether (sulfide) groups is 1. The number of hydrogen-bond acceptors (Lipinski definition) is 2. The van der Waals surface area contributed by atoms with E-state index in [-0.39, 0.29) is 0 Å². The summed E-state index contributed by atoms with van der Waals surface area (Å²) in [5.74, 6) is 1.22. The van der Waals surface area contributed by atoms with E-state index in [1.807, 2.05) is 11.8 Å². The summed E-state index contributed by atoms with van der Waals surface area (Å²) in [5.41, 5.74) is 0. The summed E-state index contributed by atoms with van der Waals surface area (Å²) in [6.45, 7) is 8.45. The Balaban J connectivity index is 2.18. The maximum absolute atomic E-state index is 2.74. The van der Waals surface area contributed by atoms with Crippen molar-refractivity contribution in [2.24, 2.45) is 0 Å². The number of hydrogen-bond donors (Lipinski definition) is 0. The summed E-state index contributed by atoms with van der Waals surface area (Å²) in [6, 6.07) is 10.9. The lowest BCUT2D eigenvalue weighted by Gasteiger charge is -2.22. The van der Waals surface area contributed by atoms with Crippen LogP contribution in [-0.2, 0) is 0 Å². The molecule has 162 valence electrons. The van der Waals surface area contributed by atoms with E-state index in [1.165, 1.54) is 120 Å². The molecule has 0 bridgehead atoms. The number of unbranched alkanes of at least 4 members (excludes halogenated alkanes) is 12. The van der Waals surface area contributed by atoms with Crippen molar-refractivity contribution in [3.8, 4) is 0 Å². The molecule has 0 aliphatic heterocycles. The fourth-order valence-corrected chi connectivity index (χ4v) is 4.66. The van der Waals surface area contributed by atoms with Gasteiger partial charge in [-0.25, -0.2) is 0 Å². The predicted octanol–water partition coefficient (Wildman–Crippen LogP) is 8.58. The van der Waals surface area contributed by atoms with E-state index >= 15 is 0 Å². The van der Waals surface area contributed by atoms with Gasteiger partial charge in [0.1, 0.15) is 0 Å². The molecule has 1 aromatic carbocycles. The molecule has 0 N–H and O–H groups in total. The molecular formula is C26H47NS. The van der Waals surface area contributed by atoms with E-state index in [2.05, 4.69) is 49.1 Å². The molecule has 1 nitrogen and oxygen atoms in total. The van der Waals surface area contributed by atoms with Gasteiger partial charge in [0.05, 0.1) is 0 Å². The molecule has 0 heterocycles. The Labute approximate surface area is 181 Å². The molecule has 0 saturated carbocycles.